The summed E-state index contributed by atoms with van der Waals surface area (Å²) in [5.74, 6) is 0.0121. The first-order chi connectivity index (χ1) is 17.2. The van der Waals surface area contributed by atoms with Gasteiger partial charge in [-0.25, -0.2) is 4.79 Å². The molecule has 1 N–H and O–H groups in total. The van der Waals surface area contributed by atoms with Gasteiger partial charge in [-0.05, 0) is 73.1 Å². The third kappa shape index (κ3) is 4.69. The van der Waals surface area contributed by atoms with Gasteiger partial charge in [0.05, 0.1) is 11.2 Å². The van der Waals surface area contributed by atoms with Crippen LogP contribution < -0.4 is 5.32 Å². The Hall–Kier alpha value is -3.42. The lowest BCUT2D eigenvalue weighted by Crippen LogP contribution is -2.41. The van der Waals surface area contributed by atoms with E-state index in [1.54, 1.807) is 12.4 Å². The summed E-state index contributed by atoms with van der Waals surface area (Å²) >= 11 is 0. The van der Waals surface area contributed by atoms with Gasteiger partial charge in [-0.15, -0.1) is 0 Å². The SMILES string of the molecule is CC1(C)OB(C(=Cc2ccncc2)CNC(=O)OCC2c3ccccc3-c3ccccc32)OC1(C)C. The number of hydrogen-bond acceptors (Lipinski definition) is 5. The second-order valence-electron chi connectivity index (χ2n) is 10.3. The van der Waals surface area contributed by atoms with Crippen molar-refractivity contribution in [3.8, 4) is 11.1 Å². The summed E-state index contributed by atoms with van der Waals surface area (Å²) in [6.45, 7) is 8.54. The summed E-state index contributed by atoms with van der Waals surface area (Å²) in [4.78, 5) is 16.9. The molecule has 0 radical (unpaired) electrons. The van der Waals surface area contributed by atoms with E-state index in [1.165, 1.54) is 22.3 Å². The molecule has 1 fully saturated rings. The standard InChI is InChI=1S/C29H31BN2O4/c1-28(2)29(3,4)36-30(35-28)21(17-20-13-15-31-16-14-20)18-32-27(33)34-19-26-24-11-7-5-9-22(24)23-10-6-8-12-25(23)26/h5-17,26H,18-19H2,1-4H3,(H,32,33). The van der Waals surface area contributed by atoms with Crippen LogP contribution in [0.25, 0.3) is 17.2 Å². The molecule has 36 heavy (non-hydrogen) atoms. The monoisotopic (exact) mass is 482 g/mol. The van der Waals surface area contributed by atoms with Crippen molar-refractivity contribution in [2.75, 3.05) is 13.2 Å². The third-order valence-electron chi connectivity index (χ3n) is 7.39. The van der Waals surface area contributed by atoms with Crippen LogP contribution in [-0.2, 0) is 14.0 Å². The smallest absolute Gasteiger partial charge is 0.449 e. The number of amides is 1. The summed E-state index contributed by atoms with van der Waals surface area (Å²) in [5.41, 5.74) is 5.54. The van der Waals surface area contributed by atoms with Crippen LogP contribution in [0.2, 0.25) is 0 Å². The van der Waals surface area contributed by atoms with Crippen LogP contribution in [0.15, 0.2) is 78.5 Å². The highest BCUT2D eigenvalue weighted by Gasteiger charge is 2.52. The highest BCUT2D eigenvalue weighted by molar-refractivity contribution is 6.56. The van der Waals surface area contributed by atoms with Crippen molar-refractivity contribution in [1.29, 1.82) is 0 Å². The number of nitrogens with one attached hydrogen (secondary N) is 1. The first-order valence-corrected chi connectivity index (χ1v) is 12.3. The number of carbonyl (C=O) groups is 1. The molecule has 0 atom stereocenters. The van der Waals surface area contributed by atoms with Crippen LogP contribution in [0.5, 0.6) is 0 Å². The molecule has 3 aromatic rings. The number of nitrogens with zero attached hydrogens (tertiary/aromatic N) is 1. The zero-order chi connectivity index (χ0) is 25.3. The molecule has 0 saturated carbocycles. The Morgan fingerprint density at radius 1 is 0.944 bits per heavy atom. The van der Waals surface area contributed by atoms with Gasteiger partial charge in [0.15, 0.2) is 0 Å². The molecule has 1 saturated heterocycles. The Morgan fingerprint density at radius 3 is 2.08 bits per heavy atom. The van der Waals surface area contributed by atoms with Crippen molar-refractivity contribution < 1.29 is 18.8 Å². The maximum absolute atomic E-state index is 12.8. The molecule has 1 amide bonds. The maximum atomic E-state index is 12.8. The first-order valence-electron chi connectivity index (χ1n) is 12.3. The molecule has 184 valence electrons. The van der Waals surface area contributed by atoms with Crippen LogP contribution in [-0.4, -0.2) is 42.5 Å². The molecule has 1 aromatic heterocycles. The molecule has 2 aromatic carbocycles. The Labute approximate surface area is 212 Å². The second kappa shape index (κ2) is 9.56. The molecule has 6 nitrogen and oxygen atoms in total. The number of rotatable bonds is 6. The number of benzene rings is 2. The molecule has 0 unspecified atom stereocenters. The lowest BCUT2D eigenvalue weighted by molar-refractivity contribution is 0.00578. The van der Waals surface area contributed by atoms with Crippen molar-refractivity contribution in [2.24, 2.45) is 0 Å². The minimum Gasteiger partial charge on any atom is -0.449 e. The summed E-state index contributed by atoms with van der Waals surface area (Å²) in [7, 11) is -0.586. The van der Waals surface area contributed by atoms with Crippen molar-refractivity contribution in [2.45, 2.75) is 44.8 Å². The van der Waals surface area contributed by atoms with Gasteiger partial charge in [0.2, 0.25) is 0 Å². The van der Waals surface area contributed by atoms with Crippen LogP contribution in [0.3, 0.4) is 0 Å². The minimum atomic E-state index is -0.586. The lowest BCUT2D eigenvalue weighted by atomic mass is 9.77. The third-order valence-corrected chi connectivity index (χ3v) is 7.39. The molecule has 0 spiro atoms. The van der Waals surface area contributed by atoms with E-state index < -0.39 is 24.4 Å². The minimum absolute atomic E-state index is 0.0121. The Bertz CT molecular complexity index is 1230. The number of aromatic nitrogens is 1. The number of alkyl carbamates (subject to hydrolysis) is 1. The van der Waals surface area contributed by atoms with E-state index in [-0.39, 0.29) is 19.1 Å². The highest BCUT2D eigenvalue weighted by atomic mass is 16.7. The lowest BCUT2D eigenvalue weighted by Gasteiger charge is -2.32. The average Bonchev–Trinajstić information content (AvgIpc) is 3.30. The number of pyridine rings is 1. The molecular formula is C29H31BN2O4. The molecule has 2 heterocycles. The average molecular weight is 482 g/mol. The van der Waals surface area contributed by atoms with Crippen molar-refractivity contribution in [3.05, 3.63) is 95.2 Å². The van der Waals surface area contributed by atoms with E-state index in [9.17, 15) is 4.79 Å². The topological polar surface area (TPSA) is 69.7 Å². The van der Waals surface area contributed by atoms with E-state index in [4.69, 9.17) is 14.0 Å². The second-order valence-corrected chi connectivity index (χ2v) is 10.3. The number of carbonyl (C=O) groups excluding carboxylic acids is 1. The van der Waals surface area contributed by atoms with Crippen molar-refractivity contribution >= 4 is 19.3 Å². The molecule has 1 aliphatic carbocycles. The van der Waals surface area contributed by atoms with E-state index in [1.807, 2.05) is 70.2 Å². The summed E-state index contributed by atoms with van der Waals surface area (Å²) < 4.78 is 18.2. The van der Waals surface area contributed by atoms with Gasteiger partial charge in [0.25, 0.3) is 0 Å². The van der Waals surface area contributed by atoms with E-state index in [0.717, 1.165) is 11.0 Å². The summed E-state index contributed by atoms with van der Waals surface area (Å²) in [6, 6.07) is 20.4. The Balaban J connectivity index is 1.28. The predicted molar refractivity (Wildman–Crippen MR) is 141 cm³/mol. The number of fused-ring (bicyclic) bond motifs is 3. The van der Waals surface area contributed by atoms with Gasteiger partial charge < -0.3 is 19.4 Å². The first kappa shape index (κ1) is 24.3. The van der Waals surface area contributed by atoms with Gasteiger partial charge in [-0.1, -0.05) is 54.6 Å². The molecule has 7 heteroatoms. The molecule has 5 rings (SSSR count). The zero-order valence-electron chi connectivity index (χ0n) is 21.2. The zero-order valence-corrected chi connectivity index (χ0v) is 21.2. The van der Waals surface area contributed by atoms with E-state index in [0.29, 0.717) is 0 Å². The summed E-state index contributed by atoms with van der Waals surface area (Å²) in [5, 5.41) is 2.90. The molecule has 2 aliphatic rings. The fourth-order valence-corrected chi connectivity index (χ4v) is 4.69. The predicted octanol–water partition coefficient (Wildman–Crippen LogP) is 5.64. The van der Waals surface area contributed by atoms with Gasteiger partial charge in [-0.2, -0.15) is 0 Å². The Morgan fingerprint density at radius 2 is 1.50 bits per heavy atom. The molecule has 1 aliphatic heterocycles. The van der Waals surface area contributed by atoms with Gasteiger partial charge >= 0.3 is 13.2 Å². The van der Waals surface area contributed by atoms with E-state index >= 15 is 0 Å². The Kier molecular flexibility index (Phi) is 6.45. The summed E-state index contributed by atoms with van der Waals surface area (Å²) in [6.07, 6.45) is 4.95. The maximum Gasteiger partial charge on any atom is 0.492 e. The quantitative estimate of drug-likeness (QED) is 0.461. The van der Waals surface area contributed by atoms with Crippen molar-refractivity contribution in [1.82, 2.24) is 10.3 Å². The molecular weight excluding hydrogens is 451 g/mol. The van der Waals surface area contributed by atoms with Gasteiger partial charge in [-0.3, -0.25) is 4.98 Å². The van der Waals surface area contributed by atoms with Crippen LogP contribution >= 0.6 is 0 Å². The van der Waals surface area contributed by atoms with Crippen LogP contribution in [0, 0.1) is 0 Å². The van der Waals surface area contributed by atoms with Crippen molar-refractivity contribution in [3.63, 3.8) is 0 Å². The van der Waals surface area contributed by atoms with Gasteiger partial charge in [0.1, 0.15) is 6.61 Å². The van der Waals surface area contributed by atoms with Crippen LogP contribution in [0.1, 0.15) is 50.3 Å². The largest absolute Gasteiger partial charge is 0.492 e. The fourth-order valence-electron chi connectivity index (χ4n) is 4.69. The van der Waals surface area contributed by atoms with Crippen LogP contribution in [0.4, 0.5) is 4.79 Å². The number of ether oxygens (including phenoxy) is 1. The normalized spacial score (nSPS) is 18.0. The molecule has 0 bridgehead atoms. The van der Waals surface area contributed by atoms with Gasteiger partial charge in [0, 0.05) is 24.9 Å². The highest BCUT2D eigenvalue weighted by Crippen LogP contribution is 2.44. The fraction of sp³-hybridized carbons (Fsp3) is 0.310. The van der Waals surface area contributed by atoms with E-state index in [2.05, 4.69) is 34.6 Å². The number of hydrogen-bond donors (Lipinski definition) is 1.